The minimum absolute atomic E-state index is 0.0724. The van der Waals surface area contributed by atoms with Crippen LogP contribution in [0.15, 0.2) is 54.6 Å². The van der Waals surface area contributed by atoms with E-state index in [0.717, 1.165) is 49.3 Å². The van der Waals surface area contributed by atoms with Gasteiger partial charge in [0.05, 0.1) is 16.4 Å². The molecule has 0 bridgehead atoms. The molecular formula is C26H33ClN4O. The van der Waals surface area contributed by atoms with E-state index >= 15 is 0 Å². The Hall–Kier alpha value is -2.63. The monoisotopic (exact) mass is 452 g/mol. The number of benzene rings is 2. The van der Waals surface area contributed by atoms with E-state index in [0.29, 0.717) is 16.4 Å². The average Bonchev–Trinajstić information content (AvgIpc) is 3.23. The molecule has 3 rings (SSSR count). The Morgan fingerprint density at radius 3 is 2.47 bits per heavy atom. The Kier molecular flexibility index (Phi) is 8.48. The van der Waals surface area contributed by atoms with Crippen molar-refractivity contribution in [1.29, 1.82) is 0 Å². The Morgan fingerprint density at radius 2 is 1.81 bits per heavy atom. The van der Waals surface area contributed by atoms with Gasteiger partial charge in [0.25, 0.3) is 5.91 Å². The summed E-state index contributed by atoms with van der Waals surface area (Å²) in [5.41, 5.74) is 3.98. The maximum Gasteiger partial charge on any atom is 0.270 e. The van der Waals surface area contributed by atoms with Gasteiger partial charge in [0.1, 0.15) is 5.69 Å². The lowest BCUT2D eigenvalue weighted by molar-refractivity contribution is 0.0929. The van der Waals surface area contributed by atoms with E-state index in [1.54, 1.807) is 4.68 Å². The summed E-state index contributed by atoms with van der Waals surface area (Å²) in [7, 11) is 0. The van der Waals surface area contributed by atoms with Crippen molar-refractivity contribution in [1.82, 2.24) is 20.0 Å². The third-order valence-corrected chi connectivity index (χ3v) is 6.08. The van der Waals surface area contributed by atoms with Crippen molar-refractivity contribution in [3.63, 3.8) is 0 Å². The molecule has 6 heteroatoms. The van der Waals surface area contributed by atoms with Gasteiger partial charge in [-0.05, 0) is 70.6 Å². The summed E-state index contributed by atoms with van der Waals surface area (Å²) in [6, 6.07) is 17.4. The zero-order valence-corrected chi connectivity index (χ0v) is 20.2. The summed E-state index contributed by atoms with van der Waals surface area (Å²) in [4.78, 5) is 15.6. The molecule has 0 aliphatic heterocycles. The second-order valence-corrected chi connectivity index (χ2v) is 8.59. The van der Waals surface area contributed by atoms with E-state index in [1.807, 2.05) is 61.5 Å². The fraction of sp³-hybridized carbons (Fsp3) is 0.385. The number of amides is 1. The maximum atomic E-state index is 13.2. The van der Waals surface area contributed by atoms with Crippen LogP contribution < -0.4 is 5.32 Å². The van der Waals surface area contributed by atoms with Crippen LogP contribution in [0.2, 0.25) is 5.02 Å². The number of carbonyl (C=O) groups excluding carboxylic acids is 1. The molecule has 0 fully saturated rings. The van der Waals surface area contributed by atoms with Crippen LogP contribution in [0.3, 0.4) is 0 Å². The number of nitrogens with one attached hydrogen (secondary N) is 1. The van der Waals surface area contributed by atoms with E-state index in [-0.39, 0.29) is 11.9 Å². The van der Waals surface area contributed by atoms with E-state index in [1.165, 1.54) is 0 Å². The van der Waals surface area contributed by atoms with Crippen molar-refractivity contribution in [3.8, 4) is 16.9 Å². The van der Waals surface area contributed by atoms with Gasteiger partial charge in [-0.2, -0.15) is 5.10 Å². The van der Waals surface area contributed by atoms with Gasteiger partial charge in [0, 0.05) is 11.6 Å². The highest BCUT2D eigenvalue weighted by atomic mass is 35.5. The summed E-state index contributed by atoms with van der Waals surface area (Å²) < 4.78 is 1.70. The van der Waals surface area contributed by atoms with Crippen LogP contribution in [0, 0.1) is 6.92 Å². The molecule has 1 N–H and O–H groups in total. The standard InChI is InChI=1S/C26H33ClN4O/c1-5-30(6-2)17-9-10-20(4)28-26(32)25-18-24(22-11-7-8-12-23(22)27)29-31(25)21-15-13-19(3)14-16-21/h7-8,11-16,18,20H,5-6,9-10,17H2,1-4H3,(H,28,32). The molecule has 1 amide bonds. The number of aryl methyl sites for hydroxylation is 1. The summed E-state index contributed by atoms with van der Waals surface area (Å²) in [6.45, 7) is 11.6. The van der Waals surface area contributed by atoms with Crippen LogP contribution in [0.4, 0.5) is 0 Å². The number of hydrogen-bond donors (Lipinski definition) is 1. The Balaban J connectivity index is 1.83. The smallest absolute Gasteiger partial charge is 0.270 e. The molecule has 170 valence electrons. The van der Waals surface area contributed by atoms with E-state index in [4.69, 9.17) is 16.7 Å². The Morgan fingerprint density at radius 1 is 1.12 bits per heavy atom. The predicted octanol–water partition coefficient (Wildman–Crippen LogP) is 5.74. The van der Waals surface area contributed by atoms with Crippen molar-refractivity contribution >= 4 is 17.5 Å². The van der Waals surface area contributed by atoms with Gasteiger partial charge in [-0.15, -0.1) is 0 Å². The molecule has 32 heavy (non-hydrogen) atoms. The molecule has 1 unspecified atom stereocenters. The Bertz CT molecular complexity index is 1020. The molecule has 1 heterocycles. The maximum absolute atomic E-state index is 13.2. The van der Waals surface area contributed by atoms with Crippen LogP contribution in [0.5, 0.6) is 0 Å². The minimum Gasteiger partial charge on any atom is -0.348 e. The lowest BCUT2D eigenvalue weighted by Crippen LogP contribution is -2.34. The summed E-state index contributed by atoms with van der Waals surface area (Å²) in [5, 5.41) is 8.51. The van der Waals surface area contributed by atoms with Gasteiger partial charge in [-0.1, -0.05) is 61.3 Å². The predicted molar refractivity (Wildman–Crippen MR) is 133 cm³/mol. The first-order valence-corrected chi connectivity index (χ1v) is 11.8. The van der Waals surface area contributed by atoms with Gasteiger partial charge in [-0.3, -0.25) is 4.79 Å². The van der Waals surface area contributed by atoms with Crippen LogP contribution in [-0.4, -0.2) is 46.3 Å². The molecule has 0 spiro atoms. The molecule has 5 nitrogen and oxygen atoms in total. The SMILES string of the molecule is CCN(CC)CCCC(C)NC(=O)c1cc(-c2ccccc2Cl)nn1-c1ccc(C)cc1. The second kappa shape index (κ2) is 11.3. The normalized spacial score (nSPS) is 12.2. The Labute approximate surface area is 196 Å². The molecule has 3 aromatic rings. The van der Waals surface area contributed by atoms with E-state index < -0.39 is 0 Å². The third-order valence-electron chi connectivity index (χ3n) is 5.75. The molecule has 0 saturated heterocycles. The minimum atomic E-state index is -0.133. The fourth-order valence-corrected chi connectivity index (χ4v) is 3.99. The summed E-state index contributed by atoms with van der Waals surface area (Å²) >= 11 is 6.40. The van der Waals surface area contributed by atoms with Crippen molar-refractivity contribution in [2.45, 2.75) is 46.6 Å². The topological polar surface area (TPSA) is 50.2 Å². The number of nitrogens with zero attached hydrogens (tertiary/aromatic N) is 3. The fourth-order valence-electron chi connectivity index (χ4n) is 3.76. The largest absolute Gasteiger partial charge is 0.348 e. The van der Waals surface area contributed by atoms with Crippen molar-refractivity contribution in [3.05, 3.63) is 70.9 Å². The zero-order valence-electron chi connectivity index (χ0n) is 19.4. The molecule has 2 aromatic carbocycles. The van der Waals surface area contributed by atoms with Gasteiger partial charge < -0.3 is 10.2 Å². The van der Waals surface area contributed by atoms with Gasteiger partial charge in [0.2, 0.25) is 0 Å². The highest BCUT2D eigenvalue weighted by Crippen LogP contribution is 2.28. The quantitative estimate of drug-likeness (QED) is 0.426. The number of halogens is 1. The summed E-state index contributed by atoms with van der Waals surface area (Å²) in [6.07, 6.45) is 1.98. The van der Waals surface area contributed by atoms with Gasteiger partial charge in [-0.25, -0.2) is 4.68 Å². The first-order chi connectivity index (χ1) is 15.4. The van der Waals surface area contributed by atoms with Crippen LogP contribution in [0.25, 0.3) is 16.9 Å². The van der Waals surface area contributed by atoms with Crippen LogP contribution >= 0.6 is 11.6 Å². The van der Waals surface area contributed by atoms with Crippen molar-refractivity contribution < 1.29 is 4.79 Å². The highest BCUT2D eigenvalue weighted by Gasteiger charge is 2.20. The molecular weight excluding hydrogens is 420 g/mol. The number of hydrogen-bond acceptors (Lipinski definition) is 3. The number of carbonyl (C=O) groups is 1. The molecule has 0 aliphatic rings. The van der Waals surface area contributed by atoms with Gasteiger partial charge in [0.15, 0.2) is 0 Å². The lowest BCUT2D eigenvalue weighted by atomic mass is 10.1. The zero-order chi connectivity index (χ0) is 23.1. The van der Waals surface area contributed by atoms with Crippen LogP contribution in [0.1, 0.15) is 49.7 Å². The molecule has 0 saturated carbocycles. The number of rotatable bonds is 10. The molecule has 1 aromatic heterocycles. The van der Waals surface area contributed by atoms with E-state index in [2.05, 4.69) is 31.0 Å². The number of aromatic nitrogens is 2. The first-order valence-electron chi connectivity index (χ1n) is 11.4. The average molecular weight is 453 g/mol. The third kappa shape index (κ3) is 5.99. The van der Waals surface area contributed by atoms with Crippen LogP contribution in [-0.2, 0) is 0 Å². The van der Waals surface area contributed by atoms with Crippen molar-refractivity contribution in [2.24, 2.45) is 0 Å². The molecule has 0 radical (unpaired) electrons. The first kappa shape index (κ1) is 24.0. The van der Waals surface area contributed by atoms with Gasteiger partial charge >= 0.3 is 0 Å². The highest BCUT2D eigenvalue weighted by molar-refractivity contribution is 6.33. The van der Waals surface area contributed by atoms with E-state index in [9.17, 15) is 4.79 Å². The molecule has 1 atom stereocenters. The summed E-state index contributed by atoms with van der Waals surface area (Å²) in [5.74, 6) is -0.133. The van der Waals surface area contributed by atoms with Crippen molar-refractivity contribution in [2.75, 3.05) is 19.6 Å². The second-order valence-electron chi connectivity index (χ2n) is 8.19. The lowest BCUT2D eigenvalue weighted by Gasteiger charge is -2.20. The molecule has 0 aliphatic carbocycles.